The number of allylic oxidation sites excluding steroid dienone is 1. The minimum atomic E-state index is -0.541. The van der Waals surface area contributed by atoms with Gasteiger partial charge in [0.15, 0.2) is 0 Å². The van der Waals surface area contributed by atoms with E-state index in [1.165, 1.54) is 16.7 Å². The van der Waals surface area contributed by atoms with E-state index in [-0.39, 0.29) is 11.8 Å². The first-order valence-electron chi connectivity index (χ1n) is 9.26. The van der Waals surface area contributed by atoms with Crippen molar-refractivity contribution in [2.45, 2.75) is 18.9 Å². The van der Waals surface area contributed by atoms with Gasteiger partial charge in [-0.1, -0.05) is 60.4 Å². The molecule has 2 saturated heterocycles. The topological polar surface area (TPSA) is 49.9 Å². The van der Waals surface area contributed by atoms with E-state index in [0.29, 0.717) is 48.4 Å². The lowest BCUT2D eigenvalue weighted by Gasteiger charge is -2.33. The fraction of sp³-hybridized carbons (Fsp3) is 0.450. The minimum absolute atomic E-state index is 0.0297. The summed E-state index contributed by atoms with van der Waals surface area (Å²) in [6, 6.07) is 9.44. The molecule has 2 aliphatic rings. The van der Waals surface area contributed by atoms with Gasteiger partial charge in [-0.25, -0.2) is 0 Å². The second-order valence-corrected chi connectivity index (χ2v) is 9.20. The summed E-state index contributed by atoms with van der Waals surface area (Å²) in [6.07, 6.45) is 5.17. The Morgan fingerprint density at radius 1 is 1.32 bits per heavy atom. The van der Waals surface area contributed by atoms with Crippen molar-refractivity contribution in [1.82, 2.24) is 9.80 Å². The molecule has 0 bridgehead atoms. The summed E-state index contributed by atoms with van der Waals surface area (Å²) in [4.78, 5) is 30.2. The molecule has 0 saturated carbocycles. The number of thiocarbonyl (C=S) groups is 1. The second-order valence-electron chi connectivity index (χ2n) is 6.54. The predicted molar refractivity (Wildman–Crippen MR) is 119 cm³/mol. The van der Waals surface area contributed by atoms with Crippen LogP contribution >= 0.6 is 35.7 Å². The Bertz CT molecular complexity index is 748. The molecule has 28 heavy (non-hydrogen) atoms. The Balaban J connectivity index is 1.76. The normalized spacial score (nSPS) is 20.1. The first-order chi connectivity index (χ1) is 13.6. The quantitative estimate of drug-likeness (QED) is 0.484. The summed E-state index contributed by atoms with van der Waals surface area (Å²) in [5, 5.41) is 0. The zero-order chi connectivity index (χ0) is 19.9. The van der Waals surface area contributed by atoms with Gasteiger partial charge < -0.3 is 9.64 Å². The smallest absolute Gasteiger partial charge is 0.266 e. The lowest BCUT2D eigenvalue weighted by atomic mass is 10.1. The van der Waals surface area contributed by atoms with Gasteiger partial charge in [0.2, 0.25) is 5.91 Å². The Hall–Kier alpha value is -1.35. The molecular weight excluding hydrogens is 412 g/mol. The number of carbonyl (C=O) groups excluding carboxylic acids is 2. The highest BCUT2D eigenvalue weighted by Crippen LogP contribution is 2.34. The van der Waals surface area contributed by atoms with Crippen LogP contribution in [0.1, 0.15) is 12.0 Å². The van der Waals surface area contributed by atoms with Crippen molar-refractivity contribution in [3.63, 3.8) is 0 Å². The Labute approximate surface area is 179 Å². The van der Waals surface area contributed by atoms with Gasteiger partial charge in [-0.15, -0.1) is 0 Å². The van der Waals surface area contributed by atoms with Gasteiger partial charge in [0, 0.05) is 13.1 Å². The van der Waals surface area contributed by atoms with E-state index in [2.05, 4.69) is 0 Å². The number of thioether (sulfide) groups is 2. The van der Waals surface area contributed by atoms with Crippen molar-refractivity contribution >= 4 is 51.9 Å². The average Bonchev–Trinajstić information content (AvgIpc) is 3.01. The van der Waals surface area contributed by atoms with Gasteiger partial charge in [0.1, 0.15) is 10.4 Å². The minimum Gasteiger partial charge on any atom is -0.378 e. The van der Waals surface area contributed by atoms with Gasteiger partial charge in [0.25, 0.3) is 5.91 Å². The molecule has 2 amide bonds. The number of rotatable bonds is 7. The highest BCUT2D eigenvalue weighted by Gasteiger charge is 2.41. The number of carbonyl (C=O) groups is 2. The van der Waals surface area contributed by atoms with Gasteiger partial charge in [-0.2, -0.15) is 11.8 Å². The standard InChI is InChI=1S/C20H24N2O3S3/c1-27-14-9-16(18(23)21-10-12-25-13-11-21)22-19(24)17(28-20(22)26)8-7-15-5-3-2-4-6-15/h2-6,8,16H,7,9-14H2,1H3/b17-8+. The maximum Gasteiger partial charge on any atom is 0.266 e. The molecule has 2 heterocycles. The van der Waals surface area contributed by atoms with E-state index in [4.69, 9.17) is 17.0 Å². The number of benzene rings is 1. The second kappa shape index (κ2) is 10.4. The maximum atomic E-state index is 13.1. The summed E-state index contributed by atoms with van der Waals surface area (Å²) in [5.74, 6) is 0.609. The molecule has 1 aromatic rings. The van der Waals surface area contributed by atoms with Crippen LogP contribution in [0, 0.1) is 0 Å². The highest BCUT2D eigenvalue weighted by molar-refractivity contribution is 8.26. The number of hydrogen-bond acceptors (Lipinski definition) is 6. The van der Waals surface area contributed by atoms with E-state index >= 15 is 0 Å². The molecule has 0 aliphatic carbocycles. The van der Waals surface area contributed by atoms with Crippen LogP contribution in [0.15, 0.2) is 41.3 Å². The zero-order valence-corrected chi connectivity index (χ0v) is 18.3. The average molecular weight is 437 g/mol. The van der Waals surface area contributed by atoms with Crippen LogP contribution in [0.25, 0.3) is 0 Å². The van der Waals surface area contributed by atoms with Crippen molar-refractivity contribution in [2.24, 2.45) is 0 Å². The summed E-state index contributed by atoms with van der Waals surface area (Å²) >= 11 is 8.46. The van der Waals surface area contributed by atoms with E-state index < -0.39 is 6.04 Å². The molecule has 5 nitrogen and oxygen atoms in total. The van der Waals surface area contributed by atoms with Crippen LogP contribution in [0.3, 0.4) is 0 Å². The molecule has 0 spiro atoms. The van der Waals surface area contributed by atoms with Crippen LogP contribution in [0.2, 0.25) is 0 Å². The Morgan fingerprint density at radius 2 is 2.04 bits per heavy atom. The van der Waals surface area contributed by atoms with Crippen LogP contribution in [-0.2, 0) is 20.7 Å². The summed E-state index contributed by atoms with van der Waals surface area (Å²) in [6.45, 7) is 2.20. The van der Waals surface area contributed by atoms with Gasteiger partial charge >= 0.3 is 0 Å². The summed E-state index contributed by atoms with van der Waals surface area (Å²) in [7, 11) is 0. The number of hydrogen-bond donors (Lipinski definition) is 0. The summed E-state index contributed by atoms with van der Waals surface area (Å²) in [5.41, 5.74) is 1.14. The lowest BCUT2D eigenvalue weighted by molar-refractivity contribution is -0.143. The Morgan fingerprint density at radius 3 is 2.71 bits per heavy atom. The van der Waals surface area contributed by atoms with Crippen LogP contribution < -0.4 is 0 Å². The van der Waals surface area contributed by atoms with Gasteiger partial charge in [-0.3, -0.25) is 14.5 Å². The number of nitrogens with zero attached hydrogens (tertiary/aromatic N) is 2. The highest BCUT2D eigenvalue weighted by atomic mass is 32.2. The summed E-state index contributed by atoms with van der Waals surface area (Å²) < 4.78 is 5.82. The molecule has 1 atom stereocenters. The molecule has 1 aromatic carbocycles. The fourth-order valence-electron chi connectivity index (χ4n) is 3.20. The van der Waals surface area contributed by atoms with Crippen molar-refractivity contribution in [2.75, 3.05) is 38.3 Å². The molecule has 8 heteroatoms. The maximum absolute atomic E-state index is 13.1. The third-order valence-electron chi connectivity index (χ3n) is 4.70. The van der Waals surface area contributed by atoms with Crippen LogP contribution in [0.5, 0.6) is 0 Å². The number of ether oxygens (including phenoxy) is 1. The van der Waals surface area contributed by atoms with Crippen LogP contribution in [-0.4, -0.2) is 70.3 Å². The molecule has 2 aliphatic heterocycles. The van der Waals surface area contributed by atoms with Gasteiger partial charge in [-0.05, 0) is 30.4 Å². The zero-order valence-electron chi connectivity index (χ0n) is 15.8. The van der Waals surface area contributed by atoms with Crippen molar-refractivity contribution in [1.29, 1.82) is 0 Å². The molecule has 150 valence electrons. The SMILES string of the molecule is CSCCC(C(=O)N1CCOCC1)N1C(=O)/C(=C\Cc2ccccc2)SC1=S. The molecule has 0 aromatic heterocycles. The van der Waals surface area contributed by atoms with Crippen molar-refractivity contribution in [3.8, 4) is 0 Å². The van der Waals surface area contributed by atoms with Crippen molar-refractivity contribution in [3.05, 3.63) is 46.9 Å². The molecule has 2 fully saturated rings. The predicted octanol–water partition coefficient (Wildman–Crippen LogP) is 2.95. The third-order valence-corrected chi connectivity index (χ3v) is 6.73. The first kappa shape index (κ1) is 21.4. The molecule has 3 rings (SSSR count). The molecule has 0 radical (unpaired) electrons. The van der Waals surface area contributed by atoms with E-state index in [9.17, 15) is 9.59 Å². The lowest BCUT2D eigenvalue weighted by Crippen LogP contribution is -2.53. The third kappa shape index (κ3) is 5.17. The monoisotopic (exact) mass is 436 g/mol. The van der Waals surface area contributed by atoms with E-state index in [1.807, 2.05) is 42.7 Å². The number of amides is 2. The molecular formula is C20H24N2O3S3. The van der Waals surface area contributed by atoms with Crippen molar-refractivity contribution < 1.29 is 14.3 Å². The van der Waals surface area contributed by atoms with E-state index in [1.54, 1.807) is 16.7 Å². The first-order valence-corrected chi connectivity index (χ1v) is 11.9. The molecule has 0 N–H and O–H groups in total. The number of morpholine rings is 1. The molecule has 1 unspecified atom stereocenters. The largest absolute Gasteiger partial charge is 0.378 e. The van der Waals surface area contributed by atoms with Gasteiger partial charge in [0.05, 0.1) is 18.1 Å². The van der Waals surface area contributed by atoms with Crippen LogP contribution in [0.4, 0.5) is 0 Å². The Kier molecular flexibility index (Phi) is 7.96. The van der Waals surface area contributed by atoms with E-state index in [0.717, 1.165) is 11.3 Å². The fourth-order valence-corrected chi connectivity index (χ4v) is 4.99.